The van der Waals surface area contributed by atoms with E-state index in [2.05, 4.69) is 11.0 Å². The van der Waals surface area contributed by atoms with Crippen LogP contribution in [0.15, 0.2) is 42.5 Å². The van der Waals surface area contributed by atoms with Crippen LogP contribution in [0.1, 0.15) is 17.5 Å². The van der Waals surface area contributed by atoms with E-state index < -0.39 is 0 Å². The fourth-order valence-electron chi connectivity index (χ4n) is 2.58. The molecular weight excluding hydrogens is 264 g/mol. The minimum Gasteiger partial charge on any atom is -0.491 e. The maximum atomic E-state index is 9.40. The number of nitrogens with zero attached hydrogens (tertiary/aromatic N) is 2. The summed E-state index contributed by atoms with van der Waals surface area (Å²) in [6.45, 7) is 1.41. The van der Waals surface area contributed by atoms with E-state index in [-0.39, 0.29) is 6.61 Å². The standard InChI is InChI=1S/C17H16N2O2/c18-11-14-10-13(12-20)6-7-15(14)19-8-3-9-21-17-5-2-1-4-16(17)19/h1-2,4-7,10,20H,3,8-9,12H2. The molecule has 3 rings (SSSR count). The van der Waals surface area contributed by atoms with Gasteiger partial charge in [0.1, 0.15) is 11.8 Å². The highest BCUT2D eigenvalue weighted by Gasteiger charge is 2.19. The van der Waals surface area contributed by atoms with Crippen molar-refractivity contribution in [3.8, 4) is 11.8 Å². The van der Waals surface area contributed by atoms with Crippen molar-refractivity contribution < 1.29 is 9.84 Å². The molecule has 1 heterocycles. The first kappa shape index (κ1) is 13.5. The van der Waals surface area contributed by atoms with Gasteiger partial charge in [0.2, 0.25) is 0 Å². The van der Waals surface area contributed by atoms with Crippen molar-refractivity contribution in [2.75, 3.05) is 18.1 Å². The Morgan fingerprint density at radius 1 is 1.19 bits per heavy atom. The normalized spacial score (nSPS) is 13.8. The van der Waals surface area contributed by atoms with Gasteiger partial charge in [0, 0.05) is 6.54 Å². The summed E-state index contributed by atoms with van der Waals surface area (Å²) in [6, 6.07) is 15.6. The number of para-hydroxylation sites is 2. The minimum atomic E-state index is -0.0609. The lowest BCUT2D eigenvalue weighted by Gasteiger charge is -2.25. The largest absolute Gasteiger partial charge is 0.491 e. The molecular formula is C17H16N2O2. The zero-order valence-corrected chi connectivity index (χ0v) is 11.6. The number of aliphatic hydroxyl groups excluding tert-OH is 1. The zero-order valence-electron chi connectivity index (χ0n) is 11.6. The van der Waals surface area contributed by atoms with Crippen molar-refractivity contribution in [1.82, 2.24) is 0 Å². The number of fused-ring (bicyclic) bond motifs is 1. The molecule has 1 N–H and O–H groups in total. The van der Waals surface area contributed by atoms with Crippen LogP contribution in [-0.2, 0) is 6.61 Å². The van der Waals surface area contributed by atoms with Crippen molar-refractivity contribution >= 4 is 11.4 Å². The van der Waals surface area contributed by atoms with E-state index in [4.69, 9.17) is 4.74 Å². The first-order valence-electron chi connectivity index (χ1n) is 6.97. The van der Waals surface area contributed by atoms with E-state index in [9.17, 15) is 10.4 Å². The van der Waals surface area contributed by atoms with Crippen LogP contribution in [0.5, 0.6) is 5.75 Å². The molecule has 0 aromatic heterocycles. The van der Waals surface area contributed by atoms with Crippen LogP contribution in [-0.4, -0.2) is 18.3 Å². The van der Waals surface area contributed by atoms with Crippen LogP contribution >= 0.6 is 0 Å². The second-order valence-electron chi connectivity index (χ2n) is 4.94. The lowest BCUT2D eigenvalue weighted by atomic mass is 10.1. The first-order chi connectivity index (χ1) is 10.3. The van der Waals surface area contributed by atoms with Crippen LogP contribution in [0.25, 0.3) is 0 Å². The van der Waals surface area contributed by atoms with E-state index in [0.717, 1.165) is 35.7 Å². The van der Waals surface area contributed by atoms with Gasteiger partial charge in [0.05, 0.1) is 30.2 Å². The Labute approximate surface area is 123 Å². The van der Waals surface area contributed by atoms with Crippen molar-refractivity contribution in [3.63, 3.8) is 0 Å². The van der Waals surface area contributed by atoms with Gasteiger partial charge in [-0.15, -0.1) is 0 Å². The van der Waals surface area contributed by atoms with E-state index in [1.807, 2.05) is 36.4 Å². The molecule has 21 heavy (non-hydrogen) atoms. The Morgan fingerprint density at radius 3 is 2.86 bits per heavy atom. The zero-order chi connectivity index (χ0) is 14.7. The second kappa shape index (κ2) is 5.86. The molecule has 1 aliphatic rings. The monoisotopic (exact) mass is 280 g/mol. The Hall–Kier alpha value is -2.51. The average Bonchev–Trinajstić information content (AvgIpc) is 2.76. The highest BCUT2D eigenvalue weighted by molar-refractivity contribution is 5.74. The maximum absolute atomic E-state index is 9.40. The maximum Gasteiger partial charge on any atom is 0.142 e. The molecule has 4 nitrogen and oxygen atoms in total. The SMILES string of the molecule is N#Cc1cc(CO)ccc1N1CCCOc2ccccc21. The molecule has 0 bridgehead atoms. The molecule has 106 valence electrons. The summed E-state index contributed by atoms with van der Waals surface area (Å²) in [4.78, 5) is 2.11. The summed E-state index contributed by atoms with van der Waals surface area (Å²) in [5, 5.41) is 18.6. The molecule has 0 aliphatic carbocycles. The number of anilines is 2. The lowest BCUT2D eigenvalue weighted by molar-refractivity contribution is 0.282. The van der Waals surface area contributed by atoms with Crippen LogP contribution in [0.4, 0.5) is 11.4 Å². The van der Waals surface area contributed by atoms with Crippen LogP contribution in [0.3, 0.4) is 0 Å². The molecule has 0 saturated heterocycles. The molecule has 0 saturated carbocycles. The smallest absolute Gasteiger partial charge is 0.142 e. The summed E-state index contributed by atoms with van der Waals surface area (Å²) in [5.74, 6) is 0.838. The van der Waals surface area contributed by atoms with Gasteiger partial charge in [-0.05, 0) is 36.2 Å². The first-order valence-corrected chi connectivity index (χ1v) is 6.97. The van der Waals surface area contributed by atoms with Gasteiger partial charge in [-0.2, -0.15) is 5.26 Å². The summed E-state index contributed by atoms with van der Waals surface area (Å²) in [7, 11) is 0. The van der Waals surface area contributed by atoms with Gasteiger partial charge in [0.25, 0.3) is 0 Å². The number of hydrogen-bond acceptors (Lipinski definition) is 4. The molecule has 2 aromatic rings. The molecule has 0 unspecified atom stereocenters. The quantitative estimate of drug-likeness (QED) is 0.918. The predicted octanol–water partition coefficient (Wildman–Crippen LogP) is 2.97. The van der Waals surface area contributed by atoms with Crippen molar-refractivity contribution in [1.29, 1.82) is 5.26 Å². The number of nitriles is 1. The average molecular weight is 280 g/mol. The molecule has 4 heteroatoms. The summed E-state index contributed by atoms with van der Waals surface area (Å²) >= 11 is 0. The lowest BCUT2D eigenvalue weighted by Crippen LogP contribution is -2.18. The third-order valence-electron chi connectivity index (χ3n) is 3.59. The molecule has 0 fully saturated rings. The molecule has 0 radical (unpaired) electrons. The van der Waals surface area contributed by atoms with Crippen LogP contribution in [0, 0.1) is 11.3 Å². The Kier molecular flexibility index (Phi) is 3.76. The fourth-order valence-corrected chi connectivity index (χ4v) is 2.58. The number of aliphatic hydroxyl groups is 1. The highest BCUT2D eigenvalue weighted by Crippen LogP contribution is 2.37. The van der Waals surface area contributed by atoms with Gasteiger partial charge in [0.15, 0.2) is 0 Å². The second-order valence-corrected chi connectivity index (χ2v) is 4.94. The highest BCUT2D eigenvalue weighted by atomic mass is 16.5. The predicted molar refractivity (Wildman–Crippen MR) is 80.6 cm³/mol. The summed E-state index contributed by atoms with van der Waals surface area (Å²) in [6.07, 6.45) is 0.890. The third kappa shape index (κ3) is 2.56. The van der Waals surface area contributed by atoms with E-state index in [0.29, 0.717) is 12.2 Å². The van der Waals surface area contributed by atoms with Gasteiger partial charge in [-0.1, -0.05) is 18.2 Å². The number of hydrogen-bond donors (Lipinski definition) is 1. The van der Waals surface area contributed by atoms with Crippen molar-refractivity contribution in [2.24, 2.45) is 0 Å². The van der Waals surface area contributed by atoms with Gasteiger partial charge < -0.3 is 14.7 Å². The van der Waals surface area contributed by atoms with Gasteiger partial charge in [-0.25, -0.2) is 0 Å². The summed E-state index contributed by atoms with van der Waals surface area (Å²) < 4.78 is 5.75. The molecule has 0 amide bonds. The van der Waals surface area contributed by atoms with Crippen LogP contribution in [0.2, 0.25) is 0 Å². The number of benzene rings is 2. The Bertz CT molecular complexity index is 691. The Morgan fingerprint density at radius 2 is 2.05 bits per heavy atom. The number of ether oxygens (including phenoxy) is 1. The van der Waals surface area contributed by atoms with E-state index in [1.165, 1.54) is 0 Å². The summed E-state index contributed by atoms with van der Waals surface area (Å²) in [5.41, 5.74) is 3.14. The van der Waals surface area contributed by atoms with Crippen molar-refractivity contribution in [3.05, 3.63) is 53.6 Å². The third-order valence-corrected chi connectivity index (χ3v) is 3.59. The van der Waals surface area contributed by atoms with Crippen molar-refractivity contribution in [2.45, 2.75) is 13.0 Å². The van der Waals surface area contributed by atoms with Gasteiger partial charge >= 0.3 is 0 Å². The van der Waals surface area contributed by atoms with Crippen LogP contribution < -0.4 is 9.64 Å². The Balaban J connectivity index is 2.10. The molecule has 2 aromatic carbocycles. The molecule has 0 spiro atoms. The number of rotatable bonds is 2. The topological polar surface area (TPSA) is 56.5 Å². The fraction of sp³-hybridized carbons (Fsp3) is 0.235. The van der Waals surface area contributed by atoms with E-state index >= 15 is 0 Å². The minimum absolute atomic E-state index is 0.0609. The molecule has 1 aliphatic heterocycles. The van der Waals surface area contributed by atoms with Gasteiger partial charge in [-0.3, -0.25) is 0 Å². The molecule has 0 atom stereocenters. The van der Waals surface area contributed by atoms with E-state index in [1.54, 1.807) is 6.07 Å².